The van der Waals surface area contributed by atoms with Crippen molar-refractivity contribution in [3.63, 3.8) is 0 Å². The van der Waals surface area contributed by atoms with Crippen LogP contribution in [-0.4, -0.2) is 39.6 Å². The maximum Gasteiger partial charge on any atom is 0.299 e. The van der Waals surface area contributed by atoms with Crippen molar-refractivity contribution in [2.24, 2.45) is 0 Å². The van der Waals surface area contributed by atoms with E-state index in [1.807, 2.05) is 47.0 Å². The number of alkyl halides is 2. The molecule has 0 saturated heterocycles. The highest BCUT2D eigenvalue weighted by Gasteiger charge is 2.20. The Morgan fingerprint density at radius 1 is 0.833 bits per heavy atom. The first-order chi connectivity index (χ1) is 14.7. The summed E-state index contributed by atoms with van der Waals surface area (Å²) in [5.74, 6) is 0.124. The first-order valence-corrected chi connectivity index (χ1v) is 9.62. The molecule has 5 aromatic rings. The van der Waals surface area contributed by atoms with Crippen molar-refractivity contribution in [1.82, 2.24) is 39.6 Å². The highest BCUT2D eigenvalue weighted by atomic mass is 32.2. The summed E-state index contributed by atoms with van der Waals surface area (Å²) in [4.78, 5) is 4.05. The van der Waals surface area contributed by atoms with Crippen molar-refractivity contribution in [3.8, 4) is 17.1 Å². The van der Waals surface area contributed by atoms with Gasteiger partial charge in [0.25, 0.3) is 6.43 Å². The Morgan fingerprint density at radius 3 is 2.40 bits per heavy atom. The zero-order valence-electron chi connectivity index (χ0n) is 15.2. The van der Waals surface area contributed by atoms with Gasteiger partial charge in [-0.05, 0) is 48.2 Å². The zero-order valence-corrected chi connectivity index (χ0v) is 16.0. The molecule has 0 atom stereocenters. The van der Waals surface area contributed by atoms with E-state index in [1.165, 1.54) is 11.8 Å². The third-order valence-electron chi connectivity index (χ3n) is 4.24. The average molecular weight is 422 g/mol. The molecule has 4 aromatic heterocycles. The molecule has 0 unspecified atom stereocenters. The third-order valence-corrected chi connectivity index (χ3v) is 5.11. The molecule has 11 heteroatoms. The Hall–Kier alpha value is -3.73. The second kappa shape index (κ2) is 7.59. The lowest BCUT2D eigenvalue weighted by Gasteiger charge is -2.10. The number of pyridine rings is 1. The molecule has 148 valence electrons. The number of halogens is 2. The molecule has 1 aromatic carbocycles. The van der Waals surface area contributed by atoms with Gasteiger partial charge in [0.15, 0.2) is 11.5 Å². The Labute approximate surface area is 172 Å². The van der Waals surface area contributed by atoms with E-state index in [0.29, 0.717) is 16.0 Å². The van der Waals surface area contributed by atoms with Gasteiger partial charge in [0.05, 0.1) is 0 Å². The van der Waals surface area contributed by atoms with Gasteiger partial charge in [-0.2, -0.15) is 9.61 Å². The molecule has 0 saturated carbocycles. The lowest BCUT2D eigenvalue weighted by Crippen LogP contribution is -2.02. The van der Waals surface area contributed by atoms with Crippen LogP contribution in [0.5, 0.6) is 0 Å². The number of nitrogens with zero attached hydrogens (tertiary/aromatic N) is 8. The van der Waals surface area contributed by atoms with Crippen molar-refractivity contribution in [1.29, 1.82) is 0 Å². The number of para-hydroxylation sites is 1. The number of benzene rings is 1. The minimum Gasteiger partial charge on any atom is -0.270 e. The highest BCUT2D eigenvalue weighted by molar-refractivity contribution is 7.99. The van der Waals surface area contributed by atoms with Crippen LogP contribution in [0.25, 0.3) is 22.7 Å². The molecule has 0 amide bonds. The highest BCUT2D eigenvalue weighted by Crippen LogP contribution is 2.31. The van der Waals surface area contributed by atoms with Gasteiger partial charge in [-0.25, -0.2) is 8.78 Å². The molecule has 30 heavy (non-hydrogen) atoms. The van der Waals surface area contributed by atoms with Crippen molar-refractivity contribution < 1.29 is 8.78 Å². The summed E-state index contributed by atoms with van der Waals surface area (Å²) in [5, 5.41) is 21.1. The van der Waals surface area contributed by atoms with Crippen molar-refractivity contribution in [2.45, 2.75) is 16.6 Å². The largest absolute Gasteiger partial charge is 0.299 e. The number of aromatic nitrogens is 8. The second-order valence-electron chi connectivity index (χ2n) is 6.12. The number of fused-ring (bicyclic) bond motifs is 1. The molecule has 0 radical (unpaired) electrons. The molecule has 5 rings (SSSR count). The number of rotatable bonds is 5. The molecule has 0 spiro atoms. The van der Waals surface area contributed by atoms with E-state index in [4.69, 9.17) is 0 Å². The van der Waals surface area contributed by atoms with Gasteiger partial charge >= 0.3 is 0 Å². The Bertz CT molecular complexity index is 1300. The maximum absolute atomic E-state index is 13.2. The van der Waals surface area contributed by atoms with E-state index in [1.54, 1.807) is 24.5 Å². The number of hydrogen-bond donors (Lipinski definition) is 0. The van der Waals surface area contributed by atoms with Gasteiger partial charge in [-0.3, -0.25) is 9.55 Å². The molecule has 0 bridgehead atoms. The van der Waals surface area contributed by atoms with Gasteiger partial charge in [0.2, 0.25) is 11.0 Å². The predicted molar refractivity (Wildman–Crippen MR) is 104 cm³/mol. The zero-order chi connectivity index (χ0) is 20.5. The van der Waals surface area contributed by atoms with Crippen LogP contribution in [0, 0.1) is 0 Å². The van der Waals surface area contributed by atoms with E-state index < -0.39 is 12.2 Å². The Kier molecular flexibility index (Phi) is 4.64. The summed E-state index contributed by atoms with van der Waals surface area (Å²) in [6, 6.07) is 16.6. The first kappa shape index (κ1) is 18.3. The van der Waals surface area contributed by atoms with Gasteiger partial charge < -0.3 is 0 Å². The molecular formula is C19H12F2N8S. The Balaban J connectivity index is 1.61. The smallest absolute Gasteiger partial charge is 0.270 e. The fourth-order valence-electron chi connectivity index (χ4n) is 2.91. The van der Waals surface area contributed by atoms with Crippen LogP contribution in [0.2, 0.25) is 0 Å². The van der Waals surface area contributed by atoms with Crippen molar-refractivity contribution in [2.75, 3.05) is 0 Å². The molecule has 0 N–H and O–H groups in total. The SMILES string of the molecule is FC(F)c1nnc2ccc(Sc3nnc(-c4ccncc4)n3-c3ccccc3)nn12. The van der Waals surface area contributed by atoms with E-state index >= 15 is 0 Å². The van der Waals surface area contributed by atoms with Crippen LogP contribution in [0.1, 0.15) is 12.2 Å². The predicted octanol–water partition coefficient (Wildman–Crippen LogP) is 3.86. The maximum atomic E-state index is 13.2. The summed E-state index contributed by atoms with van der Waals surface area (Å²) < 4.78 is 29.3. The van der Waals surface area contributed by atoms with E-state index in [0.717, 1.165) is 15.8 Å². The fourth-order valence-corrected chi connectivity index (χ4v) is 3.72. The standard InChI is InChI=1S/C19H12F2N8S/c20-16(21)18-25-23-14-6-7-15(27-29(14)18)30-19-26-24-17(12-8-10-22-11-9-12)28(19)13-4-2-1-3-5-13/h1-11,16H. The molecule has 0 aliphatic carbocycles. The van der Waals surface area contributed by atoms with E-state index in [9.17, 15) is 8.78 Å². The molecule has 0 aliphatic heterocycles. The van der Waals surface area contributed by atoms with E-state index in [-0.39, 0.29) is 5.65 Å². The Morgan fingerprint density at radius 2 is 1.63 bits per heavy atom. The van der Waals surface area contributed by atoms with Crippen LogP contribution in [-0.2, 0) is 0 Å². The lowest BCUT2D eigenvalue weighted by atomic mass is 10.2. The molecule has 4 heterocycles. The third kappa shape index (κ3) is 3.28. The summed E-state index contributed by atoms with van der Waals surface area (Å²) >= 11 is 1.20. The van der Waals surface area contributed by atoms with Crippen molar-refractivity contribution in [3.05, 3.63) is 72.8 Å². The monoisotopic (exact) mass is 422 g/mol. The van der Waals surface area contributed by atoms with Crippen LogP contribution < -0.4 is 0 Å². The van der Waals surface area contributed by atoms with Crippen LogP contribution in [0.15, 0.2) is 77.2 Å². The van der Waals surface area contributed by atoms with Crippen LogP contribution >= 0.6 is 11.8 Å². The summed E-state index contributed by atoms with van der Waals surface area (Å²) in [5.41, 5.74) is 1.95. The molecular weight excluding hydrogens is 410 g/mol. The fraction of sp³-hybridized carbons (Fsp3) is 0.0526. The lowest BCUT2D eigenvalue weighted by molar-refractivity contribution is 0.137. The van der Waals surface area contributed by atoms with Crippen LogP contribution in [0.3, 0.4) is 0 Å². The molecule has 8 nitrogen and oxygen atoms in total. The minimum absolute atomic E-state index is 0.247. The molecule has 0 fully saturated rings. The van der Waals surface area contributed by atoms with Gasteiger partial charge in [-0.1, -0.05) is 18.2 Å². The summed E-state index contributed by atoms with van der Waals surface area (Å²) in [7, 11) is 0. The van der Waals surface area contributed by atoms with E-state index in [2.05, 4.69) is 30.5 Å². The van der Waals surface area contributed by atoms with Gasteiger partial charge in [-0.15, -0.1) is 20.4 Å². The van der Waals surface area contributed by atoms with Crippen LogP contribution in [0.4, 0.5) is 8.78 Å². The average Bonchev–Trinajstić information content (AvgIpc) is 3.39. The van der Waals surface area contributed by atoms with Gasteiger partial charge in [0, 0.05) is 23.6 Å². The topological polar surface area (TPSA) is 86.7 Å². The molecule has 0 aliphatic rings. The first-order valence-electron chi connectivity index (χ1n) is 8.80. The summed E-state index contributed by atoms with van der Waals surface area (Å²) in [6.45, 7) is 0. The normalized spacial score (nSPS) is 11.4. The van der Waals surface area contributed by atoms with Gasteiger partial charge in [0.1, 0.15) is 5.03 Å². The summed E-state index contributed by atoms with van der Waals surface area (Å²) in [6.07, 6.45) is 0.582. The quantitative estimate of drug-likeness (QED) is 0.425. The second-order valence-corrected chi connectivity index (χ2v) is 7.10. The van der Waals surface area contributed by atoms with Crippen molar-refractivity contribution >= 4 is 17.4 Å². The number of hydrogen-bond acceptors (Lipinski definition) is 7. The minimum atomic E-state index is -2.78.